The number of hydrogen-bond acceptors (Lipinski definition) is 4. The molecule has 0 amide bonds. The molecule has 4 heteroatoms. The van der Waals surface area contributed by atoms with E-state index in [4.69, 9.17) is 14.2 Å². The molecule has 1 aromatic rings. The standard InChI is InChI=1S/C21H30O4/c1-2-3-4-5-6-7-11-15-24-21(22)19(20-14-16-23-20)17-25-18-12-9-8-10-13-18/h8-10,12-13H,2-7,11,14-17H2,1H3/b20-19+. The molecule has 0 N–H and O–H groups in total. The Hall–Kier alpha value is -1.97. The smallest absolute Gasteiger partial charge is 0.340 e. The van der Waals surface area contributed by atoms with Crippen LogP contribution in [0.5, 0.6) is 5.75 Å². The lowest BCUT2D eigenvalue weighted by Gasteiger charge is -2.22. The molecule has 0 unspecified atom stereocenters. The Bertz CT molecular complexity index is 530. The average Bonchev–Trinajstić information content (AvgIpc) is 2.60. The highest BCUT2D eigenvalue weighted by molar-refractivity contribution is 5.89. The maximum Gasteiger partial charge on any atom is 0.340 e. The second-order valence-corrected chi connectivity index (χ2v) is 6.36. The first kappa shape index (κ1) is 19.4. The average molecular weight is 346 g/mol. The molecule has 1 heterocycles. The van der Waals surface area contributed by atoms with E-state index in [-0.39, 0.29) is 12.6 Å². The third kappa shape index (κ3) is 7.20. The molecule has 1 fully saturated rings. The van der Waals surface area contributed by atoms with E-state index in [1.54, 1.807) is 0 Å². The lowest BCUT2D eigenvalue weighted by atomic mass is 10.1. The number of unbranched alkanes of at least 4 members (excludes halogenated alkanes) is 6. The molecule has 0 bridgehead atoms. The van der Waals surface area contributed by atoms with Crippen LogP contribution in [0.1, 0.15) is 58.3 Å². The summed E-state index contributed by atoms with van der Waals surface area (Å²) < 4.78 is 16.5. The van der Waals surface area contributed by atoms with Crippen molar-refractivity contribution in [3.05, 3.63) is 41.7 Å². The molecule has 4 nitrogen and oxygen atoms in total. The Kier molecular flexibility index (Phi) is 8.95. The molecular weight excluding hydrogens is 316 g/mol. The van der Waals surface area contributed by atoms with Gasteiger partial charge in [-0.05, 0) is 18.6 Å². The van der Waals surface area contributed by atoms with Gasteiger partial charge in [0.05, 0.1) is 13.2 Å². The number of rotatable bonds is 12. The van der Waals surface area contributed by atoms with E-state index < -0.39 is 0 Å². The summed E-state index contributed by atoms with van der Waals surface area (Å²) in [7, 11) is 0. The molecule has 1 aromatic carbocycles. The Morgan fingerprint density at radius 3 is 2.36 bits per heavy atom. The number of esters is 1. The van der Waals surface area contributed by atoms with E-state index in [9.17, 15) is 4.79 Å². The summed E-state index contributed by atoms with van der Waals surface area (Å²) in [4.78, 5) is 12.3. The number of para-hydroxylation sites is 1. The van der Waals surface area contributed by atoms with Gasteiger partial charge in [-0.1, -0.05) is 63.6 Å². The summed E-state index contributed by atoms with van der Waals surface area (Å²) in [6.45, 7) is 3.54. The van der Waals surface area contributed by atoms with Crippen LogP contribution in [-0.4, -0.2) is 25.8 Å². The fourth-order valence-electron chi connectivity index (χ4n) is 2.68. The monoisotopic (exact) mass is 346 g/mol. The first-order valence-corrected chi connectivity index (χ1v) is 9.51. The second kappa shape index (κ2) is 11.6. The van der Waals surface area contributed by atoms with Gasteiger partial charge in [0.2, 0.25) is 0 Å². The predicted molar refractivity (Wildman–Crippen MR) is 98.5 cm³/mol. The van der Waals surface area contributed by atoms with Crippen LogP contribution in [0.2, 0.25) is 0 Å². The van der Waals surface area contributed by atoms with Crippen LogP contribution in [-0.2, 0) is 14.3 Å². The quantitative estimate of drug-likeness (QED) is 0.302. The molecule has 2 rings (SSSR count). The van der Waals surface area contributed by atoms with Crippen LogP contribution in [0.25, 0.3) is 0 Å². The largest absolute Gasteiger partial charge is 0.497 e. The van der Waals surface area contributed by atoms with E-state index in [1.807, 2.05) is 30.3 Å². The third-order valence-electron chi connectivity index (χ3n) is 4.30. The first-order valence-electron chi connectivity index (χ1n) is 9.51. The van der Waals surface area contributed by atoms with E-state index in [1.165, 1.54) is 32.1 Å². The van der Waals surface area contributed by atoms with Gasteiger partial charge in [0.15, 0.2) is 0 Å². The molecule has 1 saturated heterocycles. The summed E-state index contributed by atoms with van der Waals surface area (Å²) in [5.41, 5.74) is 0.512. The second-order valence-electron chi connectivity index (χ2n) is 6.36. The number of carbonyl (C=O) groups is 1. The van der Waals surface area contributed by atoms with Crippen molar-refractivity contribution in [1.29, 1.82) is 0 Å². The van der Waals surface area contributed by atoms with Crippen molar-refractivity contribution in [2.75, 3.05) is 19.8 Å². The number of hydrogen-bond donors (Lipinski definition) is 0. The topological polar surface area (TPSA) is 44.8 Å². The molecule has 138 valence electrons. The van der Waals surface area contributed by atoms with Crippen LogP contribution >= 0.6 is 0 Å². The predicted octanol–water partition coefficient (Wildman–Crippen LogP) is 5.03. The minimum absolute atomic E-state index is 0.190. The fraction of sp³-hybridized carbons (Fsp3) is 0.571. The van der Waals surface area contributed by atoms with Gasteiger partial charge in [0.1, 0.15) is 23.7 Å². The van der Waals surface area contributed by atoms with Gasteiger partial charge >= 0.3 is 5.97 Å². The van der Waals surface area contributed by atoms with Crippen molar-refractivity contribution in [1.82, 2.24) is 0 Å². The molecule has 1 aliphatic heterocycles. The molecule has 0 radical (unpaired) electrons. The summed E-state index contributed by atoms with van der Waals surface area (Å²) in [5.74, 6) is 1.14. The molecule has 0 spiro atoms. The van der Waals surface area contributed by atoms with Crippen molar-refractivity contribution in [2.24, 2.45) is 0 Å². The van der Waals surface area contributed by atoms with Gasteiger partial charge in [0.25, 0.3) is 0 Å². The highest BCUT2D eigenvalue weighted by Crippen LogP contribution is 2.22. The van der Waals surface area contributed by atoms with Gasteiger partial charge in [-0.2, -0.15) is 0 Å². The Morgan fingerprint density at radius 1 is 1.04 bits per heavy atom. The molecule has 25 heavy (non-hydrogen) atoms. The Balaban J connectivity index is 1.69. The fourth-order valence-corrected chi connectivity index (χ4v) is 2.68. The summed E-state index contributed by atoms with van der Waals surface area (Å²) in [5, 5.41) is 0. The zero-order valence-electron chi connectivity index (χ0n) is 15.3. The van der Waals surface area contributed by atoms with E-state index in [0.29, 0.717) is 24.5 Å². The third-order valence-corrected chi connectivity index (χ3v) is 4.30. The van der Waals surface area contributed by atoms with Crippen LogP contribution in [0.4, 0.5) is 0 Å². The lowest BCUT2D eigenvalue weighted by Crippen LogP contribution is -2.22. The van der Waals surface area contributed by atoms with Crippen molar-refractivity contribution >= 4 is 5.97 Å². The molecular formula is C21H30O4. The molecule has 0 saturated carbocycles. The maximum absolute atomic E-state index is 12.3. The van der Waals surface area contributed by atoms with Crippen molar-refractivity contribution in [3.8, 4) is 5.75 Å². The number of ether oxygens (including phenoxy) is 3. The summed E-state index contributed by atoms with van der Waals surface area (Å²) >= 11 is 0. The van der Waals surface area contributed by atoms with E-state index in [2.05, 4.69) is 6.92 Å². The molecule has 1 aliphatic rings. The van der Waals surface area contributed by atoms with Gasteiger partial charge < -0.3 is 14.2 Å². The Morgan fingerprint density at radius 2 is 1.72 bits per heavy atom. The van der Waals surface area contributed by atoms with Crippen molar-refractivity contribution < 1.29 is 19.0 Å². The van der Waals surface area contributed by atoms with Crippen LogP contribution < -0.4 is 4.74 Å². The summed E-state index contributed by atoms with van der Waals surface area (Å²) in [6.07, 6.45) is 9.18. The van der Waals surface area contributed by atoms with Gasteiger partial charge in [-0.15, -0.1) is 0 Å². The SMILES string of the molecule is CCCCCCCCCOC(=O)/C(COc1ccccc1)=C1\CCO1. The van der Waals surface area contributed by atoms with Crippen molar-refractivity contribution in [3.63, 3.8) is 0 Å². The van der Waals surface area contributed by atoms with Gasteiger partial charge in [0, 0.05) is 6.42 Å². The summed E-state index contributed by atoms with van der Waals surface area (Å²) in [6, 6.07) is 9.47. The highest BCUT2D eigenvalue weighted by atomic mass is 16.5. The zero-order valence-corrected chi connectivity index (χ0v) is 15.3. The van der Waals surface area contributed by atoms with Crippen molar-refractivity contribution in [2.45, 2.75) is 58.3 Å². The number of benzene rings is 1. The molecule has 0 aromatic heterocycles. The minimum atomic E-state index is -0.309. The van der Waals surface area contributed by atoms with Crippen LogP contribution in [0.3, 0.4) is 0 Å². The van der Waals surface area contributed by atoms with Crippen LogP contribution in [0, 0.1) is 0 Å². The van der Waals surface area contributed by atoms with E-state index in [0.717, 1.165) is 25.0 Å². The minimum Gasteiger partial charge on any atom is -0.497 e. The van der Waals surface area contributed by atoms with Gasteiger partial charge in [-0.25, -0.2) is 4.79 Å². The van der Waals surface area contributed by atoms with Gasteiger partial charge in [-0.3, -0.25) is 0 Å². The Labute approximate surface area is 151 Å². The first-order chi connectivity index (χ1) is 12.3. The highest BCUT2D eigenvalue weighted by Gasteiger charge is 2.24. The number of carbonyl (C=O) groups excluding carboxylic acids is 1. The molecule has 0 aliphatic carbocycles. The maximum atomic E-state index is 12.3. The molecule has 0 atom stereocenters. The van der Waals surface area contributed by atoms with E-state index >= 15 is 0 Å². The zero-order chi connectivity index (χ0) is 17.7. The lowest BCUT2D eigenvalue weighted by molar-refractivity contribution is -0.140. The normalized spacial score (nSPS) is 15.1. The van der Waals surface area contributed by atoms with Crippen LogP contribution in [0.15, 0.2) is 41.7 Å².